The second-order valence-electron chi connectivity index (χ2n) is 8.15. The van der Waals surface area contributed by atoms with Crippen LogP contribution in [0.25, 0.3) is 6.08 Å². The average molecular weight is 669 g/mol. The number of thiophene rings is 1. The second kappa shape index (κ2) is 12.3. The van der Waals surface area contributed by atoms with Crippen molar-refractivity contribution in [2.24, 2.45) is 4.99 Å². The van der Waals surface area contributed by atoms with Crippen LogP contribution in [0.15, 0.2) is 50.7 Å². The fourth-order valence-corrected chi connectivity index (χ4v) is 6.71. The monoisotopic (exact) mass is 668 g/mol. The van der Waals surface area contributed by atoms with Gasteiger partial charge in [-0.25, -0.2) is 14.6 Å². The van der Waals surface area contributed by atoms with E-state index in [1.54, 1.807) is 29.7 Å². The Morgan fingerprint density at radius 3 is 2.71 bits per heavy atom. The molecule has 0 saturated carbocycles. The van der Waals surface area contributed by atoms with E-state index in [0.717, 1.165) is 11.3 Å². The van der Waals surface area contributed by atoms with E-state index in [0.29, 0.717) is 47.7 Å². The molecule has 1 aliphatic heterocycles. The van der Waals surface area contributed by atoms with E-state index in [2.05, 4.69) is 0 Å². The molecule has 3 heterocycles. The number of halogens is 1. The highest BCUT2D eigenvalue weighted by atomic mass is 127. The van der Waals surface area contributed by atoms with Crippen molar-refractivity contribution in [3.05, 3.63) is 74.6 Å². The van der Waals surface area contributed by atoms with Gasteiger partial charge >= 0.3 is 11.9 Å². The molecule has 0 spiro atoms. The Bertz CT molecular complexity index is 1570. The maximum Gasteiger partial charge on any atom is 0.341 e. The number of benzene rings is 1. The molecule has 3 aromatic rings. The van der Waals surface area contributed by atoms with Crippen molar-refractivity contribution in [2.75, 3.05) is 20.3 Å². The van der Waals surface area contributed by atoms with Gasteiger partial charge in [-0.05, 0) is 71.2 Å². The van der Waals surface area contributed by atoms with Gasteiger partial charge in [0.25, 0.3) is 5.56 Å². The fourth-order valence-electron chi connectivity index (χ4n) is 4.09. The number of esters is 1. The third-order valence-electron chi connectivity index (χ3n) is 5.59. The Morgan fingerprint density at radius 1 is 1.29 bits per heavy atom. The van der Waals surface area contributed by atoms with Crippen LogP contribution in [0.5, 0.6) is 11.5 Å². The van der Waals surface area contributed by atoms with Crippen molar-refractivity contribution in [3.63, 3.8) is 0 Å². The Hall–Kier alpha value is -2.97. The van der Waals surface area contributed by atoms with Gasteiger partial charge in [0.05, 0.1) is 33.1 Å². The zero-order valence-electron chi connectivity index (χ0n) is 20.9. The molecule has 200 valence electrons. The van der Waals surface area contributed by atoms with Gasteiger partial charge in [0.2, 0.25) is 0 Å². The van der Waals surface area contributed by atoms with Gasteiger partial charge in [0, 0.05) is 4.88 Å². The molecule has 12 heteroatoms. The highest BCUT2D eigenvalue weighted by Gasteiger charge is 2.34. The first kappa shape index (κ1) is 28.0. The number of ether oxygens (including phenoxy) is 3. The summed E-state index contributed by atoms with van der Waals surface area (Å²) in [6, 6.07) is 6.63. The lowest BCUT2D eigenvalue weighted by molar-refractivity contribution is -0.140. The molecule has 0 radical (unpaired) electrons. The normalized spacial score (nSPS) is 15.2. The quantitative estimate of drug-likeness (QED) is 0.259. The maximum atomic E-state index is 13.8. The van der Waals surface area contributed by atoms with Gasteiger partial charge in [-0.3, -0.25) is 9.36 Å². The zero-order chi connectivity index (χ0) is 27.4. The van der Waals surface area contributed by atoms with Gasteiger partial charge < -0.3 is 19.3 Å². The molecule has 0 bridgehead atoms. The number of fused-ring (bicyclic) bond motifs is 1. The molecular weight excluding hydrogens is 643 g/mol. The number of carboxylic acids is 1. The van der Waals surface area contributed by atoms with E-state index in [1.165, 1.54) is 29.8 Å². The molecule has 0 aliphatic carbocycles. The molecular formula is C26H25IN2O7S2. The summed E-state index contributed by atoms with van der Waals surface area (Å²) in [4.78, 5) is 44.0. The molecule has 4 rings (SSSR count). The molecule has 1 N–H and O–H groups in total. The molecule has 1 aliphatic rings. The van der Waals surface area contributed by atoms with E-state index >= 15 is 0 Å². The summed E-state index contributed by atoms with van der Waals surface area (Å²) in [5, 5.41) is 10.9. The largest absolute Gasteiger partial charge is 0.493 e. The van der Waals surface area contributed by atoms with Crippen molar-refractivity contribution in [2.45, 2.75) is 32.7 Å². The maximum absolute atomic E-state index is 13.8. The minimum absolute atomic E-state index is 0.218. The minimum Gasteiger partial charge on any atom is -0.493 e. The summed E-state index contributed by atoms with van der Waals surface area (Å²) >= 11 is 4.75. The number of carbonyl (C=O) groups excluding carboxylic acids is 1. The highest BCUT2D eigenvalue weighted by Crippen LogP contribution is 2.35. The van der Waals surface area contributed by atoms with Crippen molar-refractivity contribution in [3.8, 4) is 11.5 Å². The molecule has 38 heavy (non-hydrogen) atoms. The number of hydrogen-bond donors (Lipinski definition) is 1. The predicted molar refractivity (Wildman–Crippen MR) is 153 cm³/mol. The van der Waals surface area contributed by atoms with Crippen LogP contribution < -0.4 is 24.4 Å². The van der Waals surface area contributed by atoms with Crippen LogP contribution in [-0.2, 0) is 14.3 Å². The van der Waals surface area contributed by atoms with Gasteiger partial charge in [0.15, 0.2) is 22.9 Å². The Kier molecular flexibility index (Phi) is 9.05. The number of nitrogens with zero attached hydrogens (tertiary/aromatic N) is 2. The molecule has 0 amide bonds. The second-order valence-corrected chi connectivity index (χ2v) is 11.3. The smallest absolute Gasteiger partial charge is 0.341 e. The lowest BCUT2D eigenvalue weighted by Gasteiger charge is -2.24. The molecule has 1 aromatic carbocycles. The zero-order valence-corrected chi connectivity index (χ0v) is 24.6. The van der Waals surface area contributed by atoms with E-state index in [-0.39, 0.29) is 12.2 Å². The van der Waals surface area contributed by atoms with E-state index in [9.17, 15) is 14.4 Å². The van der Waals surface area contributed by atoms with Crippen LogP contribution >= 0.6 is 45.3 Å². The number of rotatable bonds is 10. The van der Waals surface area contributed by atoms with Crippen LogP contribution in [-0.4, -0.2) is 41.9 Å². The van der Waals surface area contributed by atoms with Crippen LogP contribution in [0, 0.1) is 3.57 Å². The third kappa shape index (κ3) is 5.71. The first-order valence-electron chi connectivity index (χ1n) is 11.8. The average Bonchev–Trinajstić information content (AvgIpc) is 3.51. The minimum atomic E-state index is -1.10. The summed E-state index contributed by atoms with van der Waals surface area (Å²) in [6.45, 7) is 3.48. The lowest BCUT2D eigenvalue weighted by Crippen LogP contribution is -2.39. The highest BCUT2D eigenvalue weighted by molar-refractivity contribution is 14.1. The number of carboxylic acid groups (broad SMARTS) is 1. The molecule has 0 saturated heterocycles. The molecule has 9 nitrogen and oxygen atoms in total. The van der Waals surface area contributed by atoms with Crippen LogP contribution in [0.1, 0.15) is 43.2 Å². The van der Waals surface area contributed by atoms with Crippen molar-refractivity contribution < 1.29 is 28.9 Å². The summed E-state index contributed by atoms with van der Waals surface area (Å²) in [6.07, 6.45) is 3.09. The summed E-state index contributed by atoms with van der Waals surface area (Å²) in [5.41, 5.74) is 1.43. The number of carbonyl (C=O) groups is 2. The molecule has 0 fully saturated rings. The number of hydrogen-bond acceptors (Lipinski definition) is 9. The SMILES string of the molecule is CCCC1=C(C(=O)OCC)[C@@H](c2cccs2)n2c(s/c(=C\c3cc(I)c(OCC(=O)O)c(OC)c3)c2=O)=N1. The molecule has 2 aromatic heterocycles. The number of aliphatic carboxylic acids is 1. The van der Waals surface area contributed by atoms with Crippen molar-refractivity contribution in [1.29, 1.82) is 0 Å². The topological polar surface area (TPSA) is 116 Å². The fraction of sp³-hybridized carbons (Fsp3) is 0.308. The predicted octanol–water partition coefficient (Wildman–Crippen LogP) is 3.72. The third-order valence-corrected chi connectivity index (χ3v) is 8.30. The number of thiazole rings is 1. The number of allylic oxidation sites excluding steroid dienone is 1. The Labute approximate surface area is 239 Å². The number of aromatic nitrogens is 1. The van der Waals surface area contributed by atoms with E-state index in [4.69, 9.17) is 24.3 Å². The van der Waals surface area contributed by atoms with Gasteiger partial charge in [0.1, 0.15) is 6.04 Å². The Morgan fingerprint density at radius 2 is 2.08 bits per heavy atom. The first-order valence-corrected chi connectivity index (χ1v) is 14.5. The van der Waals surface area contributed by atoms with Gasteiger partial charge in [-0.15, -0.1) is 11.3 Å². The van der Waals surface area contributed by atoms with Crippen molar-refractivity contribution >= 4 is 63.3 Å². The van der Waals surface area contributed by atoms with Crippen LogP contribution in [0.2, 0.25) is 0 Å². The van der Waals surface area contributed by atoms with Gasteiger partial charge in [-0.2, -0.15) is 0 Å². The molecule has 0 unspecified atom stereocenters. The van der Waals surface area contributed by atoms with E-state index in [1.807, 2.05) is 47.0 Å². The summed E-state index contributed by atoms with van der Waals surface area (Å²) < 4.78 is 18.8. The molecule has 1 atom stereocenters. The standard InChI is InChI=1S/C26H25IN2O7S2/c1-4-7-16-21(25(33)35-5-2)22(18-8-6-9-37-18)29-24(32)19(38-26(29)28-16)12-14-10-15(27)23(17(11-14)34-3)36-13-20(30)31/h6,8-12,22H,4-5,7,13H2,1-3H3,(H,30,31)/b19-12-/t22-/m1/s1. The Balaban J connectivity index is 1.89. The lowest BCUT2D eigenvalue weighted by atomic mass is 9.99. The number of methoxy groups -OCH3 is 1. The first-order chi connectivity index (χ1) is 18.3. The van der Waals surface area contributed by atoms with Gasteiger partial charge in [-0.1, -0.05) is 30.7 Å². The van der Waals surface area contributed by atoms with Crippen LogP contribution in [0.4, 0.5) is 0 Å². The van der Waals surface area contributed by atoms with E-state index < -0.39 is 24.6 Å². The van der Waals surface area contributed by atoms with Crippen molar-refractivity contribution in [1.82, 2.24) is 4.57 Å². The van der Waals surface area contributed by atoms with Crippen LogP contribution in [0.3, 0.4) is 0 Å². The summed E-state index contributed by atoms with van der Waals surface area (Å²) in [7, 11) is 1.46. The summed E-state index contributed by atoms with van der Waals surface area (Å²) in [5.74, 6) is -0.903.